The number of carboxylic acids is 1. The van der Waals surface area contributed by atoms with Crippen molar-refractivity contribution in [1.82, 2.24) is 24.6 Å². The Bertz CT molecular complexity index is 1080. The number of aromatic nitrogens is 4. The normalized spacial score (nSPS) is 17.8. The van der Waals surface area contributed by atoms with E-state index in [2.05, 4.69) is 15.1 Å². The lowest BCUT2D eigenvalue weighted by molar-refractivity contribution is 0.0690. The largest absolute Gasteiger partial charge is 0.490 e. The molecule has 0 bridgehead atoms. The average Bonchev–Trinajstić information content (AvgIpc) is 3.48. The van der Waals surface area contributed by atoms with Gasteiger partial charge in [-0.15, -0.1) is 0 Å². The number of aromatic carboxylic acids is 1. The predicted octanol–water partition coefficient (Wildman–Crippen LogP) is 3.58. The number of rotatable bonds is 7. The van der Waals surface area contributed by atoms with E-state index >= 15 is 0 Å². The molecule has 0 spiro atoms. The summed E-state index contributed by atoms with van der Waals surface area (Å²) in [7, 11) is 0. The molecule has 1 aliphatic carbocycles. The standard InChI is InChI=1S/C23H25N5O4/c1-2-27(23(31)28-9-8-21(26-28)22(29)30)14-16-6-7-20(10-16)32-19-5-3-4-17(11-19)18-12-24-15-25-13-18/h3-5,8-9,11-13,15-16,20H,2,6-7,10,14H2,1H3,(H,29,30)/t16-,20-/m0/s1. The van der Waals surface area contributed by atoms with E-state index in [4.69, 9.17) is 9.84 Å². The third-order valence-corrected chi connectivity index (χ3v) is 5.66. The summed E-state index contributed by atoms with van der Waals surface area (Å²) in [5.41, 5.74) is 1.79. The molecule has 0 unspecified atom stereocenters. The molecule has 9 nitrogen and oxygen atoms in total. The average molecular weight is 435 g/mol. The molecule has 2 heterocycles. The fraction of sp³-hybridized carbons (Fsp3) is 0.348. The first-order valence-corrected chi connectivity index (χ1v) is 10.6. The predicted molar refractivity (Wildman–Crippen MR) is 116 cm³/mol. The van der Waals surface area contributed by atoms with Crippen LogP contribution < -0.4 is 4.74 Å². The molecule has 1 N–H and O–H groups in total. The summed E-state index contributed by atoms with van der Waals surface area (Å²) in [6, 6.07) is 8.90. The van der Waals surface area contributed by atoms with Crippen LogP contribution in [0.3, 0.4) is 0 Å². The van der Waals surface area contributed by atoms with Crippen LogP contribution in [-0.4, -0.2) is 60.9 Å². The van der Waals surface area contributed by atoms with Crippen molar-refractivity contribution in [3.63, 3.8) is 0 Å². The smallest absolute Gasteiger partial charge is 0.356 e. The van der Waals surface area contributed by atoms with Crippen molar-refractivity contribution < 1.29 is 19.4 Å². The number of amides is 1. The van der Waals surface area contributed by atoms with Crippen molar-refractivity contribution in [2.24, 2.45) is 5.92 Å². The van der Waals surface area contributed by atoms with Gasteiger partial charge in [-0.2, -0.15) is 9.78 Å². The lowest BCUT2D eigenvalue weighted by Gasteiger charge is -2.24. The van der Waals surface area contributed by atoms with Crippen molar-refractivity contribution in [2.45, 2.75) is 32.3 Å². The number of hydrogen-bond acceptors (Lipinski definition) is 6. The van der Waals surface area contributed by atoms with Gasteiger partial charge >= 0.3 is 12.0 Å². The lowest BCUT2D eigenvalue weighted by atomic mass is 10.1. The minimum Gasteiger partial charge on any atom is -0.490 e. The molecule has 1 saturated carbocycles. The number of benzene rings is 1. The van der Waals surface area contributed by atoms with Crippen LogP contribution in [0.2, 0.25) is 0 Å². The Morgan fingerprint density at radius 2 is 2.00 bits per heavy atom. The molecular weight excluding hydrogens is 410 g/mol. The van der Waals surface area contributed by atoms with E-state index in [-0.39, 0.29) is 17.8 Å². The van der Waals surface area contributed by atoms with Gasteiger partial charge in [-0.3, -0.25) is 0 Å². The van der Waals surface area contributed by atoms with Crippen molar-refractivity contribution >= 4 is 12.0 Å². The monoisotopic (exact) mass is 435 g/mol. The fourth-order valence-electron chi connectivity index (χ4n) is 4.04. The number of carbonyl (C=O) groups excluding carboxylic acids is 1. The van der Waals surface area contributed by atoms with Crippen LogP contribution in [0, 0.1) is 5.92 Å². The molecule has 3 aromatic rings. The number of hydrogen-bond donors (Lipinski definition) is 1. The number of carboxylic acid groups (broad SMARTS) is 1. The molecule has 9 heteroatoms. The van der Waals surface area contributed by atoms with Crippen molar-refractivity contribution in [2.75, 3.05) is 13.1 Å². The molecule has 2 aromatic heterocycles. The van der Waals surface area contributed by atoms with Gasteiger partial charge in [0.2, 0.25) is 0 Å². The third-order valence-electron chi connectivity index (χ3n) is 5.66. The van der Waals surface area contributed by atoms with Crippen LogP contribution in [-0.2, 0) is 0 Å². The Balaban J connectivity index is 1.35. The minimum absolute atomic E-state index is 0.0828. The van der Waals surface area contributed by atoms with Crippen molar-refractivity contribution in [1.29, 1.82) is 0 Å². The molecule has 32 heavy (non-hydrogen) atoms. The Labute approximate surface area is 185 Å². The highest BCUT2D eigenvalue weighted by atomic mass is 16.5. The molecule has 0 saturated heterocycles. The Kier molecular flexibility index (Phi) is 6.44. The molecule has 0 aliphatic heterocycles. The molecule has 1 aliphatic rings. The van der Waals surface area contributed by atoms with E-state index in [1.165, 1.54) is 18.6 Å². The second kappa shape index (κ2) is 9.59. The fourth-order valence-corrected chi connectivity index (χ4v) is 4.04. The van der Waals surface area contributed by atoms with Crippen LogP contribution in [0.1, 0.15) is 36.7 Å². The highest BCUT2D eigenvalue weighted by Crippen LogP contribution is 2.31. The Morgan fingerprint density at radius 1 is 1.19 bits per heavy atom. The van der Waals surface area contributed by atoms with Gasteiger partial charge in [-0.1, -0.05) is 12.1 Å². The topological polar surface area (TPSA) is 110 Å². The molecule has 166 valence electrons. The molecule has 1 amide bonds. The summed E-state index contributed by atoms with van der Waals surface area (Å²) in [6.07, 6.45) is 9.24. The zero-order valence-corrected chi connectivity index (χ0v) is 17.8. The van der Waals surface area contributed by atoms with E-state index in [9.17, 15) is 9.59 Å². The number of ether oxygens (including phenoxy) is 1. The van der Waals surface area contributed by atoms with Gasteiger partial charge in [0.25, 0.3) is 0 Å². The summed E-state index contributed by atoms with van der Waals surface area (Å²) >= 11 is 0. The van der Waals surface area contributed by atoms with Gasteiger partial charge < -0.3 is 14.7 Å². The van der Waals surface area contributed by atoms with Crippen LogP contribution in [0.15, 0.2) is 55.2 Å². The zero-order chi connectivity index (χ0) is 22.5. The minimum atomic E-state index is -1.15. The molecule has 1 fully saturated rings. The van der Waals surface area contributed by atoms with E-state index in [1.54, 1.807) is 17.3 Å². The van der Waals surface area contributed by atoms with Gasteiger partial charge in [-0.05, 0) is 55.9 Å². The Morgan fingerprint density at radius 3 is 2.72 bits per heavy atom. The highest BCUT2D eigenvalue weighted by Gasteiger charge is 2.29. The third kappa shape index (κ3) is 4.93. The number of carbonyl (C=O) groups is 2. The van der Waals surface area contributed by atoms with E-state index in [1.807, 2.05) is 31.2 Å². The molecule has 0 radical (unpaired) electrons. The van der Waals surface area contributed by atoms with Crippen LogP contribution in [0.4, 0.5) is 4.79 Å². The maximum atomic E-state index is 12.7. The summed E-state index contributed by atoms with van der Waals surface area (Å²) in [5, 5.41) is 12.9. The molecule has 2 atom stereocenters. The van der Waals surface area contributed by atoms with Crippen LogP contribution in [0.25, 0.3) is 11.1 Å². The molecule has 4 rings (SSSR count). The second-order valence-corrected chi connectivity index (χ2v) is 7.85. The quantitative estimate of drug-likeness (QED) is 0.604. The van der Waals surface area contributed by atoms with Crippen LogP contribution in [0.5, 0.6) is 5.75 Å². The first-order chi connectivity index (χ1) is 15.5. The van der Waals surface area contributed by atoms with E-state index in [0.29, 0.717) is 19.0 Å². The SMILES string of the molecule is CCN(C[C@H]1CC[C@H](Oc2cccc(-c3cncnc3)c2)C1)C(=O)n1ccc(C(=O)O)n1. The summed E-state index contributed by atoms with van der Waals surface area (Å²) in [5.74, 6) is -0.0403. The summed E-state index contributed by atoms with van der Waals surface area (Å²) in [6.45, 7) is 3.00. The van der Waals surface area contributed by atoms with E-state index < -0.39 is 5.97 Å². The molecular formula is C23H25N5O4. The first-order valence-electron chi connectivity index (χ1n) is 10.6. The Hall–Kier alpha value is -3.75. The van der Waals surface area contributed by atoms with Gasteiger partial charge in [0.05, 0.1) is 6.10 Å². The second-order valence-electron chi connectivity index (χ2n) is 7.85. The first kappa shape index (κ1) is 21.5. The maximum Gasteiger partial charge on any atom is 0.356 e. The maximum absolute atomic E-state index is 12.7. The number of nitrogens with zero attached hydrogens (tertiary/aromatic N) is 5. The summed E-state index contributed by atoms with van der Waals surface area (Å²) in [4.78, 5) is 33.6. The van der Waals surface area contributed by atoms with Crippen molar-refractivity contribution in [3.05, 3.63) is 60.9 Å². The van der Waals surface area contributed by atoms with Gasteiger partial charge in [0.1, 0.15) is 12.1 Å². The van der Waals surface area contributed by atoms with Gasteiger partial charge in [0, 0.05) is 37.2 Å². The molecule has 1 aromatic carbocycles. The summed E-state index contributed by atoms with van der Waals surface area (Å²) < 4.78 is 7.32. The van der Waals surface area contributed by atoms with Gasteiger partial charge in [0.15, 0.2) is 5.69 Å². The lowest BCUT2D eigenvalue weighted by Crippen LogP contribution is -2.38. The van der Waals surface area contributed by atoms with E-state index in [0.717, 1.165) is 40.8 Å². The zero-order valence-electron chi connectivity index (χ0n) is 17.8. The van der Waals surface area contributed by atoms with Crippen LogP contribution >= 0.6 is 0 Å². The highest BCUT2D eigenvalue weighted by molar-refractivity contribution is 5.86. The van der Waals surface area contributed by atoms with Crippen molar-refractivity contribution in [3.8, 4) is 16.9 Å². The van der Waals surface area contributed by atoms with Gasteiger partial charge in [-0.25, -0.2) is 19.6 Å².